The van der Waals surface area contributed by atoms with Gasteiger partial charge >= 0.3 is 0 Å². The summed E-state index contributed by atoms with van der Waals surface area (Å²) in [6, 6.07) is 10.3. The fraction of sp³-hybridized carbons (Fsp3) is 0.364. The maximum atomic E-state index is 14.2. The minimum atomic E-state index is -1.20. The Morgan fingerprint density at radius 3 is 2.52 bits per heavy atom. The number of halogens is 2. The van der Waals surface area contributed by atoms with Crippen LogP contribution in [0.1, 0.15) is 30.4 Å². The second-order valence-corrected chi connectivity index (χ2v) is 9.08. The maximum absolute atomic E-state index is 14.2. The molecule has 1 atom stereocenters. The molecule has 2 aromatic rings. The zero-order valence-electron chi connectivity index (χ0n) is 15.7. The lowest BCUT2D eigenvalue weighted by Gasteiger charge is -2.37. The first-order valence-corrected chi connectivity index (χ1v) is 10.8. The third kappa shape index (κ3) is 2.78. The van der Waals surface area contributed by atoms with Gasteiger partial charge in [0.15, 0.2) is 4.87 Å². The van der Waals surface area contributed by atoms with Crippen molar-refractivity contribution < 1.29 is 18.4 Å². The van der Waals surface area contributed by atoms with Gasteiger partial charge in [-0.25, -0.2) is 8.78 Å². The highest BCUT2D eigenvalue weighted by molar-refractivity contribution is 8.01. The summed E-state index contributed by atoms with van der Waals surface area (Å²) >= 11 is 1.40. The lowest BCUT2D eigenvalue weighted by molar-refractivity contribution is -0.145. The van der Waals surface area contributed by atoms with E-state index in [0.717, 1.165) is 24.8 Å². The molecule has 3 aliphatic rings. The SMILES string of the molecule is O=C(C1CCC1)N1CCSC12C(=O)N(Cc1ccc(F)cc1)c1ccc(F)cc12. The monoisotopic (exact) mass is 414 g/mol. The third-order valence-electron chi connectivity index (χ3n) is 6.13. The van der Waals surface area contributed by atoms with E-state index in [0.29, 0.717) is 23.5 Å². The molecule has 2 aliphatic heterocycles. The number of carbonyl (C=O) groups is 2. The van der Waals surface area contributed by atoms with Crippen molar-refractivity contribution in [2.75, 3.05) is 17.2 Å². The fourth-order valence-corrected chi connectivity index (χ4v) is 5.87. The molecule has 4 nitrogen and oxygen atoms in total. The molecule has 5 rings (SSSR count). The van der Waals surface area contributed by atoms with Crippen molar-refractivity contribution in [3.8, 4) is 0 Å². The predicted molar refractivity (Wildman–Crippen MR) is 107 cm³/mol. The van der Waals surface area contributed by atoms with Gasteiger partial charge in [0.05, 0.1) is 12.2 Å². The highest BCUT2D eigenvalue weighted by Gasteiger charge is 2.60. The van der Waals surface area contributed by atoms with Crippen LogP contribution in [0.3, 0.4) is 0 Å². The van der Waals surface area contributed by atoms with Crippen molar-refractivity contribution in [3.05, 3.63) is 65.2 Å². The Morgan fingerprint density at radius 2 is 1.83 bits per heavy atom. The third-order valence-corrected chi connectivity index (χ3v) is 7.55. The smallest absolute Gasteiger partial charge is 0.268 e. The molecule has 2 amide bonds. The highest BCUT2D eigenvalue weighted by atomic mass is 32.2. The minimum absolute atomic E-state index is 0.00607. The normalized spacial score (nSPS) is 23.6. The molecule has 1 saturated carbocycles. The molecule has 150 valence electrons. The molecule has 2 fully saturated rings. The van der Waals surface area contributed by atoms with Crippen LogP contribution in [0.4, 0.5) is 14.5 Å². The largest absolute Gasteiger partial charge is 0.315 e. The van der Waals surface area contributed by atoms with Crippen LogP contribution in [-0.2, 0) is 21.0 Å². The van der Waals surface area contributed by atoms with Gasteiger partial charge in [-0.1, -0.05) is 18.6 Å². The Bertz CT molecular complexity index is 993. The zero-order valence-corrected chi connectivity index (χ0v) is 16.6. The zero-order chi connectivity index (χ0) is 20.2. The van der Waals surface area contributed by atoms with Crippen LogP contribution < -0.4 is 4.90 Å². The maximum Gasteiger partial charge on any atom is 0.268 e. The summed E-state index contributed by atoms with van der Waals surface area (Å²) in [7, 11) is 0. The molecule has 1 aliphatic carbocycles. The van der Waals surface area contributed by atoms with Gasteiger partial charge in [-0.15, -0.1) is 11.8 Å². The van der Waals surface area contributed by atoms with Crippen molar-refractivity contribution in [1.82, 2.24) is 4.90 Å². The van der Waals surface area contributed by atoms with E-state index in [1.807, 2.05) is 0 Å². The van der Waals surface area contributed by atoms with Gasteiger partial charge in [-0.3, -0.25) is 9.59 Å². The summed E-state index contributed by atoms with van der Waals surface area (Å²) in [5, 5.41) is 0. The second-order valence-electron chi connectivity index (χ2n) is 7.79. The molecule has 2 aromatic carbocycles. The summed E-state index contributed by atoms with van der Waals surface area (Å²) in [5.74, 6) is -0.412. The van der Waals surface area contributed by atoms with E-state index in [1.165, 1.54) is 36.0 Å². The van der Waals surface area contributed by atoms with Gasteiger partial charge in [0, 0.05) is 23.8 Å². The van der Waals surface area contributed by atoms with Crippen molar-refractivity contribution in [1.29, 1.82) is 0 Å². The van der Waals surface area contributed by atoms with Crippen molar-refractivity contribution >= 4 is 29.3 Å². The first kappa shape index (κ1) is 18.6. The number of thioether (sulfide) groups is 1. The van der Waals surface area contributed by atoms with E-state index in [1.54, 1.807) is 28.0 Å². The topological polar surface area (TPSA) is 40.6 Å². The molecular weight excluding hydrogens is 394 g/mol. The van der Waals surface area contributed by atoms with Crippen molar-refractivity contribution in [2.45, 2.75) is 30.7 Å². The van der Waals surface area contributed by atoms with Crippen LogP contribution in [-0.4, -0.2) is 29.0 Å². The molecule has 0 aromatic heterocycles. The first-order valence-electron chi connectivity index (χ1n) is 9.82. The molecule has 29 heavy (non-hydrogen) atoms. The standard InChI is InChI=1S/C22H20F2N2O2S/c23-16-6-4-14(5-7-16)13-25-19-9-8-17(24)12-18(19)22(21(25)28)26(10-11-29-22)20(27)15-2-1-3-15/h4-9,12,15H,1-3,10-11,13H2. The van der Waals surface area contributed by atoms with Gasteiger partial charge in [-0.05, 0) is 48.7 Å². The second kappa shape index (κ2) is 6.83. The molecule has 7 heteroatoms. The van der Waals surface area contributed by atoms with Crippen LogP contribution in [0.5, 0.6) is 0 Å². The number of rotatable bonds is 3. The number of hydrogen-bond acceptors (Lipinski definition) is 3. The summed E-state index contributed by atoms with van der Waals surface area (Å²) in [5.41, 5.74) is 1.92. The number of anilines is 1. The lowest BCUT2D eigenvalue weighted by atomic mass is 9.84. The molecular formula is C22H20F2N2O2S. The van der Waals surface area contributed by atoms with E-state index in [4.69, 9.17) is 0 Å². The molecule has 0 radical (unpaired) electrons. The number of nitrogens with zero attached hydrogens (tertiary/aromatic N) is 2. The molecule has 1 saturated heterocycles. The summed E-state index contributed by atoms with van der Waals surface area (Å²) in [6.07, 6.45) is 2.72. The molecule has 2 heterocycles. The summed E-state index contributed by atoms with van der Waals surface area (Å²) in [4.78, 5) is 28.9. The fourth-order valence-electron chi connectivity index (χ4n) is 4.41. The van der Waals surface area contributed by atoms with Gasteiger partial charge in [0.25, 0.3) is 5.91 Å². The van der Waals surface area contributed by atoms with Crippen LogP contribution in [0.25, 0.3) is 0 Å². The minimum Gasteiger partial charge on any atom is -0.315 e. The van der Waals surface area contributed by atoms with E-state index in [-0.39, 0.29) is 30.1 Å². The van der Waals surface area contributed by atoms with Crippen LogP contribution in [0.15, 0.2) is 42.5 Å². The highest BCUT2D eigenvalue weighted by Crippen LogP contribution is 2.55. The van der Waals surface area contributed by atoms with Gasteiger partial charge in [0.2, 0.25) is 5.91 Å². The van der Waals surface area contributed by atoms with Gasteiger partial charge in [0.1, 0.15) is 11.6 Å². The predicted octanol–water partition coefficient (Wildman–Crippen LogP) is 4.04. The van der Waals surface area contributed by atoms with Crippen molar-refractivity contribution in [3.63, 3.8) is 0 Å². The average molecular weight is 414 g/mol. The lowest BCUT2D eigenvalue weighted by Crippen LogP contribution is -2.52. The molecule has 0 bridgehead atoms. The van der Waals surface area contributed by atoms with E-state index >= 15 is 0 Å². The Kier molecular flexibility index (Phi) is 4.38. The Balaban J connectivity index is 1.57. The van der Waals surface area contributed by atoms with Crippen LogP contribution in [0, 0.1) is 17.6 Å². The Labute approximate surface area is 171 Å². The quantitative estimate of drug-likeness (QED) is 0.761. The number of carbonyl (C=O) groups excluding carboxylic acids is 2. The van der Waals surface area contributed by atoms with Gasteiger partial charge < -0.3 is 9.80 Å². The van der Waals surface area contributed by atoms with E-state index in [9.17, 15) is 18.4 Å². The van der Waals surface area contributed by atoms with Crippen LogP contribution >= 0.6 is 11.8 Å². The molecule has 0 N–H and O–H groups in total. The average Bonchev–Trinajstić information content (AvgIpc) is 3.19. The number of fused-ring (bicyclic) bond motifs is 2. The van der Waals surface area contributed by atoms with E-state index < -0.39 is 10.7 Å². The van der Waals surface area contributed by atoms with Crippen LogP contribution in [0.2, 0.25) is 0 Å². The first-order chi connectivity index (χ1) is 14.0. The molecule has 1 spiro atoms. The van der Waals surface area contributed by atoms with E-state index in [2.05, 4.69) is 0 Å². The Morgan fingerprint density at radius 1 is 1.10 bits per heavy atom. The van der Waals surface area contributed by atoms with Crippen molar-refractivity contribution in [2.24, 2.45) is 5.92 Å². The number of hydrogen-bond donors (Lipinski definition) is 0. The number of benzene rings is 2. The van der Waals surface area contributed by atoms with Gasteiger partial charge in [-0.2, -0.15) is 0 Å². The number of amides is 2. The molecule has 1 unspecified atom stereocenters. The summed E-state index contributed by atoms with van der Waals surface area (Å²) in [6.45, 7) is 0.720. The summed E-state index contributed by atoms with van der Waals surface area (Å²) < 4.78 is 27.5. The Hall–Kier alpha value is -2.41.